The van der Waals surface area contributed by atoms with Gasteiger partial charge in [-0.3, -0.25) is 0 Å². The molecule has 2 heterocycles. The van der Waals surface area contributed by atoms with E-state index >= 15 is 0 Å². The minimum Gasteiger partial charge on any atom is -0.455 e. The molecule has 0 spiro atoms. The summed E-state index contributed by atoms with van der Waals surface area (Å²) in [6.45, 7) is 0.906. The molecule has 27 heavy (non-hydrogen) atoms. The van der Waals surface area contributed by atoms with Gasteiger partial charge in [-0.05, 0) is 12.5 Å². The molecule has 0 amide bonds. The minimum absolute atomic E-state index is 0.0413. The molecule has 1 saturated heterocycles. The maximum atomic E-state index is 12.3. The van der Waals surface area contributed by atoms with Crippen molar-refractivity contribution in [2.24, 2.45) is 0 Å². The lowest BCUT2D eigenvalue weighted by atomic mass is 9.97. The fraction of sp³-hybridized carbons (Fsp3) is 0.471. The van der Waals surface area contributed by atoms with Crippen LogP contribution in [0.5, 0.6) is 0 Å². The van der Waals surface area contributed by atoms with E-state index in [4.69, 9.17) is 9.47 Å². The highest BCUT2D eigenvalue weighted by atomic mass is 16.7. The molecule has 1 aromatic heterocycles. The molecule has 0 saturated carbocycles. The third-order valence-electron chi connectivity index (χ3n) is 4.45. The molecule has 2 aromatic rings. The number of benzene rings is 1. The first kappa shape index (κ1) is 19.4. The third-order valence-corrected chi connectivity index (χ3v) is 4.45. The fourth-order valence-corrected chi connectivity index (χ4v) is 2.71. The molecule has 1 aliphatic rings. The van der Waals surface area contributed by atoms with Gasteiger partial charge in [0.05, 0.1) is 18.8 Å². The van der Waals surface area contributed by atoms with E-state index in [0.717, 1.165) is 5.56 Å². The number of rotatable bonds is 5. The van der Waals surface area contributed by atoms with Crippen LogP contribution in [-0.4, -0.2) is 78.7 Å². The largest absolute Gasteiger partial charge is 0.455 e. The first-order chi connectivity index (χ1) is 12.8. The number of aromatic nitrogens is 3. The maximum absolute atomic E-state index is 12.3. The summed E-state index contributed by atoms with van der Waals surface area (Å²) in [7, 11) is 0. The maximum Gasteiger partial charge on any atom is 0.361 e. The van der Waals surface area contributed by atoms with E-state index in [-0.39, 0.29) is 5.69 Å². The Morgan fingerprint density at radius 1 is 1.33 bits per heavy atom. The molecule has 1 fully saturated rings. The van der Waals surface area contributed by atoms with Gasteiger partial charge in [0.2, 0.25) is 5.79 Å². The number of ether oxygens (including phenoxy) is 2. The highest BCUT2D eigenvalue weighted by Gasteiger charge is 2.49. The van der Waals surface area contributed by atoms with Crippen molar-refractivity contribution in [3.05, 3.63) is 47.3 Å². The van der Waals surface area contributed by atoms with Gasteiger partial charge < -0.3 is 29.9 Å². The molecule has 1 aliphatic heterocycles. The summed E-state index contributed by atoms with van der Waals surface area (Å²) in [5.74, 6) is -3.20. The summed E-state index contributed by atoms with van der Waals surface area (Å²) in [5, 5.41) is 46.9. The highest BCUT2D eigenvalue weighted by molar-refractivity contribution is 5.88. The first-order valence-electron chi connectivity index (χ1n) is 8.33. The van der Waals surface area contributed by atoms with Crippen molar-refractivity contribution in [1.82, 2.24) is 15.0 Å². The zero-order chi connectivity index (χ0) is 19.6. The molecule has 1 aromatic carbocycles. The van der Waals surface area contributed by atoms with Crippen LogP contribution in [-0.2, 0) is 16.0 Å². The third kappa shape index (κ3) is 3.99. The Morgan fingerprint density at radius 3 is 2.74 bits per heavy atom. The molecular weight excluding hydrogens is 358 g/mol. The van der Waals surface area contributed by atoms with Crippen LogP contribution in [0.15, 0.2) is 30.3 Å². The summed E-state index contributed by atoms with van der Waals surface area (Å²) >= 11 is 0. The minimum atomic E-state index is -2.33. The summed E-state index contributed by atoms with van der Waals surface area (Å²) in [6, 6.07) is 9.49. The SMILES string of the molecule is Cc1c(C(=O)OC[C@@]2(O)OC[C@@H](O)[C@@H](O)[C@@H]2O)nnn1Cc1ccccc1. The Balaban J connectivity index is 1.65. The topological polar surface area (TPSA) is 147 Å². The Bertz CT molecular complexity index is 797. The smallest absolute Gasteiger partial charge is 0.361 e. The Kier molecular flexibility index (Phi) is 5.53. The van der Waals surface area contributed by atoms with Gasteiger partial charge in [0.25, 0.3) is 0 Å². The first-order valence-corrected chi connectivity index (χ1v) is 8.33. The number of nitrogens with zero attached hydrogens (tertiary/aromatic N) is 3. The lowest BCUT2D eigenvalue weighted by Crippen LogP contribution is -2.63. The average Bonchev–Trinajstić information content (AvgIpc) is 3.03. The van der Waals surface area contributed by atoms with Crippen molar-refractivity contribution >= 4 is 5.97 Å². The van der Waals surface area contributed by atoms with Crippen LogP contribution in [0, 0.1) is 6.92 Å². The number of hydrogen-bond donors (Lipinski definition) is 4. The molecule has 0 aliphatic carbocycles. The van der Waals surface area contributed by atoms with Crippen molar-refractivity contribution in [2.45, 2.75) is 37.6 Å². The van der Waals surface area contributed by atoms with Gasteiger partial charge >= 0.3 is 5.97 Å². The van der Waals surface area contributed by atoms with Gasteiger partial charge in [-0.15, -0.1) is 5.10 Å². The number of aliphatic hydroxyl groups is 4. The molecule has 146 valence electrons. The van der Waals surface area contributed by atoms with E-state index in [9.17, 15) is 25.2 Å². The van der Waals surface area contributed by atoms with Crippen LogP contribution in [0.3, 0.4) is 0 Å². The zero-order valence-electron chi connectivity index (χ0n) is 14.6. The number of carbonyl (C=O) groups excluding carboxylic acids is 1. The molecule has 10 heteroatoms. The quantitative estimate of drug-likeness (QED) is 0.460. The average molecular weight is 379 g/mol. The monoisotopic (exact) mass is 379 g/mol. The van der Waals surface area contributed by atoms with E-state index in [2.05, 4.69) is 10.3 Å². The van der Waals surface area contributed by atoms with Gasteiger partial charge in [0, 0.05) is 0 Å². The molecule has 10 nitrogen and oxygen atoms in total. The fourth-order valence-electron chi connectivity index (χ4n) is 2.71. The molecule has 0 unspecified atom stereocenters. The van der Waals surface area contributed by atoms with Gasteiger partial charge in [-0.25, -0.2) is 9.48 Å². The number of hydrogen-bond acceptors (Lipinski definition) is 9. The Hall–Kier alpha value is -2.37. The second-order valence-corrected chi connectivity index (χ2v) is 6.40. The Labute approximate surface area is 154 Å². The van der Waals surface area contributed by atoms with Crippen molar-refractivity contribution in [1.29, 1.82) is 0 Å². The van der Waals surface area contributed by atoms with Gasteiger partial charge in [-0.1, -0.05) is 35.5 Å². The van der Waals surface area contributed by atoms with Crippen molar-refractivity contribution in [3.8, 4) is 0 Å². The van der Waals surface area contributed by atoms with E-state index in [1.165, 1.54) is 4.68 Å². The summed E-state index contributed by atoms with van der Waals surface area (Å²) in [6.07, 6.45) is -4.82. The van der Waals surface area contributed by atoms with Crippen LogP contribution in [0.1, 0.15) is 21.7 Å². The number of aliphatic hydroxyl groups excluding tert-OH is 3. The summed E-state index contributed by atoms with van der Waals surface area (Å²) in [4.78, 5) is 12.3. The van der Waals surface area contributed by atoms with Gasteiger partial charge in [-0.2, -0.15) is 0 Å². The van der Waals surface area contributed by atoms with Crippen molar-refractivity contribution < 1.29 is 34.7 Å². The zero-order valence-corrected chi connectivity index (χ0v) is 14.6. The molecule has 4 atom stereocenters. The van der Waals surface area contributed by atoms with Crippen LogP contribution in [0.2, 0.25) is 0 Å². The predicted octanol–water partition coefficient (Wildman–Crippen LogP) is -1.41. The van der Waals surface area contributed by atoms with Crippen LogP contribution in [0.25, 0.3) is 0 Å². The molecule has 4 N–H and O–H groups in total. The summed E-state index contributed by atoms with van der Waals surface area (Å²) in [5.41, 5.74) is 1.41. The Morgan fingerprint density at radius 2 is 2.04 bits per heavy atom. The van der Waals surface area contributed by atoms with E-state index in [0.29, 0.717) is 12.2 Å². The van der Waals surface area contributed by atoms with E-state index in [1.54, 1.807) is 6.92 Å². The second kappa shape index (κ2) is 7.71. The van der Waals surface area contributed by atoms with Crippen LogP contribution >= 0.6 is 0 Å². The number of carbonyl (C=O) groups is 1. The normalized spacial score (nSPS) is 28.1. The van der Waals surface area contributed by atoms with Crippen LogP contribution in [0.4, 0.5) is 0 Å². The molecule has 0 bridgehead atoms. The second-order valence-electron chi connectivity index (χ2n) is 6.40. The standard InChI is InChI=1S/C17H21N3O7/c1-10-13(18-19-20(10)7-11-5-3-2-4-6-11)16(24)26-9-17(25)15(23)14(22)12(21)8-27-17/h2-6,12,14-15,21-23,25H,7-9H2,1H3/t12-,14-,15+,17-/m1/s1. The lowest BCUT2D eigenvalue weighted by Gasteiger charge is -2.40. The van der Waals surface area contributed by atoms with Crippen molar-refractivity contribution in [3.63, 3.8) is 0 Å². The predicted molar refractivity (Wildman–Crippen MR) is 89.5 cm³/mol. The van der Waals surface area contributed by atoms with E-state index in [1.807, 2.05) is 30.3 Å². The summed E-state index contributed by atoms with van der Waals surface area (Å²) < 4.78 is 11.5. The van der Waals surface area contributed by atoms with Gasteiger partial charge in [0.15, 0.2) is 5.69 Å². The molecular formula is C17H21N3O7. The molecule has 3 rings (SSSR count). The lowest BCUT2D eigenvalue weighted by molar-refractivity contribution is -0.330. The number of esters is 1. The van der Waals surface area contributed by atoms with Crippen LogP contribution < -0.4 is 0 Å². The van der Waals surface area contributed by atoms with Gasteiger partial charge in [0.1, 0.15) is 24.9 Å². The molecule has 0 radical (unpaired) electrons. The van der Waals surface area contributed by atoms with E-state index < -0.39 is 43.3 Å². The van der Waals surface area contributed by atoms with Crippen molar-refractivity contribution in [2.75, 3.05) is 13.2 Å². The highest BCUT2D eigenvalue weighted by Crippen LogP contribution is 2.24.